The molecule has 164 valence electrons. The Balaban J connectivity index is 1.48. The number of carbonyl (C=O) groups is 2. The second-order valence-corrected chi connectivity index (χ2v) is 8.54. The topological polar surface area (TPSA) is 66.8 Å². The predicted molar refractivity (Wildman–Crippen MR) is 124 cm³/mol. The zero-order valence-corrected chi connectivity index (χ0v) is 18.8. The zero-order chi connectivity index (χ0) is 22.8. The zero-order valence-electron chi connectivity index (χ0n) is 17.3. The van der Waals surface area contributed by atoms with Gasteiger partial charge in [0.2, 0.25) is 0 Å². The second-order valence-electron chi connectivity index (χ2n) is 7.72. The number of aliphatic carboxylic acids is 1. The van der Waals surface area contributed by atoms with Gasteiger partial charge < -0.3 is 9.84 Å². The van der Waals surface area contributed by atoms with Crippen LogP contribution >= 0.6 is 23.2 Å². The Morgan fingerprint density at radius 1 is 0.969 bits per heavy atom. The monoisotopic (exact) mass is 469 g/mol. The van der Waals surface area contributed by atoms with Gasteiger partial charge in [0.1, 0.15) is 12.6 Å². The molecule has 3 aromatic rings. The fraction of sp³-hybridized carbons (Fsp3) is 0.200. The molecule has 1 atom stereocenters. The summed E-state index contributed by atoms with van der Waals surface area (Å²) in [5.41, 5.74) is 5.09. The van der Waals surface area contributed by atoms with E-state index in [1.54, 1.807) is 18.2 Å². The SMILES string of the molecule is CN(C(=O)OCC1c2ccccc2-c2ccccc21)[C@H](Cc1ccc(Cl)c(Cl)c1)C(=O)O. The predicted octanol–water partition coefficient (Wildman–Crippen LogP) is 5.87. The van der Waals surface area contributed by atoms with Gasteiger partial charge >= 0.3 is 12.1 Å². The van der Waals surface area contributed by atoms with Gasteiger partial charge in [-0.2, -0.15) is 0 Å². The third-order valence-corrected chi connectivity index (χ3v) is 6.53. The van der Waals surface area contributed by atoms with E-state index in [1.165, 1.54) is 7.05 Å². The number of likely N-dealkylation sites (N-methyl/N-ethyl adjacent to an activating group) is 1. The van der Waals surface area contributed by atoms with Crippen LogP contribution in [0.4, 0.5) is 4.79 Å². The van der Waals surface area contributed by atoms with E-state index in [-0.39, 0.29) is 18.9 Å². The minimum atomic E-state index is -1.13. The van der Waals surface area contributed by atoms with Crippen molar-refractivity contribution in [3.05, 3.63) is 93.5 Å². The number of carbonyl (C=O) groups excluding carboxylic acids is 1. The van der Waals surface area contributed by atoms with Gasteiger partial charge in [-0.1, -0.05) is 77.8 Å². The smallest absolute Gasteiger partial charge is 0.410 e. The van der Waals surface area contributed by atoms with Crippen molar-refractivity contribution in [2.24, 2.45) is 0 Å². The first-order chi connectivity index (χ1) is 15.4. The van der Waals surface area contributed by atoms with Crippen molar-refractivity contribution in [1.82, 2.24) is 4.90 Å². The van der Waals surface area contributed by atoms with E-state index in [1.807, 2.05) is 36.4 Å². The second kappa shape index (κ2) is 9.23. The molecule has 1 N–H and O–H groups in total. The van der Waals surface area contributed by atoms with Crippen LogP contribution in [0.2, 0.25) is 10.0 Å². The van der Waals surface area contributed by atoms with Crippen LogP contribution < -0.4 is 0 Å². The molecule has 0 heterocycles. The number of benzene rings is 3. The molecule has 0 fully saturated rings. The molecule has 0 unspecified atom stereocenters. The summed E-state index contributed by atoms with van der Waals surface area (Å²) in [7, 11) is 1.43. The maximum Gasteiger partial charge on any atom is 0.410 e. The van der Waals surface area contributed by atoms with Crippen molar-refractivity contribution in [3.63, 3.8) is 0 Å². The first-order valence-electron chi connectivity index (χ1n) is 10.1. The van der Waals surface area contributed by atoms with Crippen LogP contribution in [0.1, 0.15) is 22.6 Å². The molecule has 0 saturated heterocycles. The van der Waals surface area contributed by atoms with E-state index in [0.717, 1.165) is 27.2 Å². The Morgan fingerprint density at radius 3 is 2.12 bits per heavy atom. The Labute approximate surface area is 196 Å². The van der Waals surface area contributed by atoms with Gasteiger partial charge in [-0.15, -0.1) is 0 Å². The van der Waals surface area contributed by atoms with Crippen molar-refractivity contribution in [3.8, 4) is 11.1 Å². The van der Waals surface area contributed by atoms with Gasteiger partial charge in [0, 0.05) is 19.4 Å². The summed E-state index contributed by atoms with van der Waals surface area (Å²) in [4.78, 5) is 25.8. The Bertz CT molecular complexity index is 1130. The summed E-state index contributed by atoms with van der Waals surface area (Å²) in [6, 6.07) is 19.8. The minimum absolute atomic E-state index is 0.0763. The molecule has 1 amide bonds. The number of hydrogen-bond acceptors (Lipinski definition) is 3. The molecular weight excluding hydrogens is 449 g/mol. The maximum atomic E-state index is 12.8. The average Bonchev–Trinajstić information content (AvgIpc) is 3.11. The Morgan fingerprint density at radius 2 is 1.56 bits per heavy atom. The molecule has 0 bridgehead atoms. The van der Waals surface area contributed by atoms with E-state index in [9.17, 15) is 14.7 Å². The highest BCUT2D eigenvalue weighted by atomic mass is 35.5. The van der Waals surface area contributed by atoms with Crippen molar-refractivity contribution in [2.75, 3.05) is 13.7 Å². The van der Waals surface area contributed by atoms with E-state index in [0.29, 0.717) is 15.6 Å². The summed E-state index contributed by atoms with van der Waals surface area (Å²) in [5, 5.41) is 10.4. The largest absolute Gasteiger partial charge is 0.480 e. The molecule has 4 rings (SSSR count). The number of carboxylic acids is 1. The van der Waals surface area contributed by atoms with Gasteiger partial charge in [-0.25, -0.2) is 9.59 Å². The molecule has 0 saturated carbocycles. The summed E-state index contributed by atoms with van der Waals surface area (Å²) >= 11 is 12.0. The highest BCUT2D eigenvalue weighted by Crippen LogP contribution is 2.44. The van der Waals surface area contributed by atoms with Crippen molar-refractivity contribution >= 4 is 35.3 Å². The molecule has 3 aromatic carbocycles. The molecule has 1 aliphatic rings. The van der Waals surface area contributed by atoms with Gasteiger partial charge in [-0.3, -0.25) is 4.90 Å². The molecule has 1 aliphatic carbocycles. The van der Waals surface area contributed by atoms with Gasteiger partial charge in [0.15, 0.2) is 0 Å². The van der Waals surface area contributed by atoms with Crippen molar-refractivity contribution < 1.29 is 19.4 Å². The molecule has 5 nitrogen and oxygen atoms in total. The number of carboxylic acid groups (broad SMARTS) is 1. The average molecular weight is 470 g/mol. The molecule has 0 aromatic heterocycles. The third kappa shape index (κ3) is 4.31. The number of hydrogen-bond donors (Lipinski definition) is 1. The van der Waals surface area contributed by atoms with Gasteiger partial charge in [0.05, 0.1) is 10.0 Å². The summed E-state index contributed by atoms with van der Waals surface area (Å²) in [6.45, 7) is 0.121. The molecule has 0 radical (unpaired) electrons. The number of amides is 1. The molecule has 32 heavy (non-hydrogen) atoms. The van der Waals surface area contributed by atoms with Crippen LogP contribution in [0, 0.1) is 0 Å². The first-order valence-corrected chi connectivity index (χ1v) is 10.9. The van der Waals surface area contributed by atoms with E-state index >= 15 is 0 Å². The standard InChI is InChI=1S/C25H21Cl2NO4/c1-28(23(24(29)30)13-15-10-11-21(26)22(27)12-15)25(31)32-14-20-18-8-4-2-6-16(18)17-7-3-5-9-19(17)20/h2-12,20,23H,13-14H2,1H3,(H,29,30)/t23-/m1/s1. The highest BCUT2D eigenvalue weighted by molar-refractivity contribution is 6.42. The first kappa shape index (κ1) is 22.2. The lowest BCUT2D eigenvalue weighted by atomic mass is 9.98. The number of fused-ring (bicyclic) bond motifs is 3. The number of ether oxygens (including phenoxy) is 1. The molecule has 0 aliphatic heterocycles. The van der Waals surface area contributed by atoms with E-state index in [2.05, 4.69) is 12.1 Å². The molecule has 0 spiro atoms. The minimum Gasteiger partial charge on any atom is -0.480 e. The maximum absolute atomic E-state index is 12.8. The summed E-state index contributed by atoms with van der Waals surface area (Å²) < 4.78 is 5.59. The van der Waals surface area contributed by atoms with Crippen LogP contribution in [-0.4, -0.2) is 41.8 Å². The van der Waals surface area contributed by atoms with Crippen LogP contribution in [0.15, 0.2) is 66.7 Å². The fourth-order valence-electron chi connectivity index (χ4n) is 4.10. The lowest BCUT2D eigenvalue weighted by Crippen LogP contribution is -2.44. The van der Waals surface area contributed by atoms with Gasteiger partial charge in [-0.05, 0) is 39.9 Å². The molecule has 7 heteroatoms. The van der Waals surface area contributed by atoms with Crippen LogP contribution in [-0.2, 0) is 16.0 Å². The number of nitrogens with zero attached hydrogens (tertiary/aromatic N) is 1. The third-order valence-electron chi connectivity index (χ3n) is 5.79. The number of halogens is 2. The van der Waals surface area contributed by atoms with Crippen molar-refractivity contribution in [1.29, 1.82) is 0 Å². The Kier molecular flexibility index (Phi) is 6.40. The lowest BCUT2D eigenvalue weighted by Gasteiger charge is -2.25. The summed E-state index contributed by atoms with van der Waals surface area (Å²) in [5.74, 6) is -1.23. The quantitative estimate of drug-likeness (QED) is 0.490. The van der Waals surface area contributed by atoms with Crippen LogP contribution in [0.3, 0.4) is 0 Å². The molecular formula is C25H21Cl2NO4. The van der Waals surface area contributed by atoms with Crippen LogP contribution in [0.25, 0.3) is 11.1 Å². The fourth-order valence-corrected chi connectivity index (χ4v) is 4.42. The highest BCUT2D eigenvalue weighted by Gasteiger charge is 2.32. The normalized spacial score (nSPS) is 13.2. The van der Waals surface area contributed by atoms with Crippen LogP contribution in [0.5, 0.6) is 0 Å². The van der Waals surface area contributed by atoms with Gasteiger partial charge in [0.25, 0.3) is 0 Å². The van der Waals surface area contributed by atoms with E-state index < -0.39 is 18.1 Å². The Hall–Kier alpha value is -3.02. The number of rotatable bonds is 6. The van der Waals surface area contributed by atoms with E-state index in [4.69, 9.17) is 27.9 Å². The van der Waals surface area contributed by atoms with Crippen molar-refractivity contribution in [2.45, 2.75) is 18.4 Å². The lowest BCUT2D eigenvalue weighted by molar-refractivity contribution is -0.142. The summed E-state index contributed by atoms with van der Waals surface area (Å²) in [6.07, 6.45) is -0.619.